The zero-order valence-electron chi connectivity index (χ0n) is 11.9. The van der Waals surface area contributed by atoms with Crippen molar-refractivity contribution in [3.63, 3.8) is 0 Å². The van der Waals surface area contributed by atoms with E-state index in [0.29, 0.717) is 0 Å². The maximum absolute atomic E-state index is 11.1. The van der Waals surface area contributed by atoms with Gasteiger partial charge >= 0.3 is 13.8 Å². The average Bonchev–Trinajstić information content (AvgIpc) is 2.42. The summed E-state index contributed by atoms with van der Waals surface area (Å²) in [6.07, 6.45) is -11.5. The number of carboxylic acid groups (broad SMARTS) is 1. The number of methoxy groups -OCH3 is 1. The summed E-state index contributed by atoms with van der Waals surface area (Å²) in [6.45, 7) is -0.441. The Morgan fingerprint density at radius 1 is 1.04 bits per heavy atom. The van der Waals surface area contributed by atoms with Crippen LogP contribution in [0.5, 0.6) is 0 Å². The first-order valence-corrected chi connectivity index (χ1v) is 7.65. The van der Waals surface area contributed by atoms with Crippen molar-refractivity contribution in [2.45, 2.75) is 36.9 Å². The number of phosphoric ester groups is 1. The van der Waals surface area contributed by atoms with Gasteiger partial charge in [-0.25, -0.2) is 9.36 Å². The number of hydrogen-bond donors (Lipinski definition) is 7. The quantitative estimate of drug-likeness (QED) is 0.142. The number of phosphoric acid groups is 1. The fourth-order valence-corrected chi connectivity index (χ4v) is 2.14. The van der Waals surface area contributed by atoms with E-state index in [2.05, 4.69) is 9.26 Å². The number of aliphatic hydroxyl groups is 4. The third kappa shape index (κ3) is 7.92. The van der Waals surface area contributed by atoms with Crippen LogP contribution in [-0.4, -0.2) is 91.3 Å². The molecule has 0 spiro atoms. The van der Waals surface area contributed by atoms with Crippen LogP contribution in [-0.2, 0) is 23.4 Å². The predicted molar refractivity (Wildman–Crippen MR) is 70.1 cm³/mol. The van der Waals surface area contributed by atoms with Crippen LogP contribution in [0, 0.1) is 0 Å². The molecular weight excluding hydrogens is 343 g/mol. The van der Waals surface area contributed by atoms with Crippen LogP contribution in [0.2, 0.25) is 0 Å². The molecule has 0 aromatic carbocycles. The van der Waals surface area contributed by atoms with Gasteiger partial charge in [-0.3, -0.25) is 9.32 Å². The lowest BCUT2D eigenvalue weighted by molar-refractivity contribution is -0.155. The van der Waals surface area contributed by atoms with E-state index in [0.717, 1.165) is 0 Å². The third-order valence-corrected chi connectivity index (χ3v) is 3.26. The molecule has 0 fully saturated rings. The van der Waals surface area contributed by atoms with Crippen LogP contribution in [0.1, 0.15) is 6.42 Å². The van der Waals surface area contributed by atoms with E-state index in [4.69, 9.17) is 14.9 Å². The Morgan fingerprint density at radius 2 is 1.57 bits per heavy atom. The summed E-state index contributed by atoms with van der Waals surface area (Å²) in [5.41, 5.74) is 0. The van der Waals surface area contributed by atoms with Gasteiger partial charge in [0, 0.05) is 13.5 Å². The maximum Gasteiger partial charge on any atom is 0.469 e. The van der Waals surface area contributed by atoms with Crippen LogP contribution in [0.15, 0.2) is 0 Å². The number of rotatable bonds is 11. The summed E-state index contributed by atoms with van der Waals surface area (Å²) in [4.78, 5) is 39.0. The van der Waals surface area contributed by atoms with Crippen molar-refractivity contribution in [2.24, 2.45) is 0 Å². The predicted octanol–water partition coefficient (Wildman–Crippen LogP) is -3.40. The van der Waals surface area contributed by atoms with E-state index in [1.807, 2.05) is 0 Å². The third-order valence-electron chi connectivity index (χ3n) is 2.71. The van der Waals surface area contributed by atoms with Gasteiger partial charge in [0.2, 0.25) is 5.78 Å². The number of carboxylic acids is 1. The lowest BCUT2D eigenvalue weighted by Gasteiger charge is -2.30. The van der Waals surface area contributed by atoms with Gasteiger partial charge < -0.3 is 40.1 Å². The first-order chi connectivity index (χ1) is 10.4. The molecule has 0 heterocycles. The van der Waals surface area contributed by atoms with Gasteiger partial charge in [-0.2, -0.15) is 0 Å². The number of carbonyl (C=O) groups is 2. The van der Waals surface area contributed by atoms with Crippen LogP contribution < -0.4 is 0 Å². The monoisotopic (exact) mass is 362 g/mol. The molecule has 0 unspecified atom stereocenters. The van der Waals surface area contributed by atoms with Gasteiger partial charge in [0.05, 0.1) is 6.61 Å². The maximum atomic E-state index is 11.1. The Balaban J connectivity index is 5.16. The molecule has 0 saturated carbocycles. The molecule has 0 aliphatic carbocycles. The van der Waals surface area contributed by atoms with Crippen molar-refractivity contribution < 1.29 is 58.7 Å². The fourth-order valence-electron chi connectivity index (χ4n) is 1.59. The summed E-state index contributed by atoms with van der Waals surface area (Å²) in [5, 5.41) is 47.0. The van der Waals surface area contributed by atoms with Gasteiger partial charge in [-0.15, -0.1) is 0 Å². The normalized spacial score (nSPS) is 18.7. The highest BCUT2D eigenvalue weighted by Gasteiger charge is 2.40. The first kappa shape index (κ1) is 22.1. The number of aliphatic carboxylic acids is 1. The molecule has 0 rings (SSSR count). The Bertz CT molecular complexity index is 447. The average molecular weight is 362 g/mol. The highest BCUT2D eigenvalue weighted by molar-refractivity contribution is 7.46. The number of ketones is 1. The number of ether oxygens (including phenoxy) is 1. The lowest BCUT2D eigenvalue weighted by atomic mass is 9.97. The second kappa shape index (κ2) is 9.37. The molecule has 0 amide bonds. The van der Waals surface area contributed by atoms with E-state index in [-0.39, 0.29) is 0 Å². The molecule has 5 atom stereocenters. The minimum atomic E-state index is -5.25. The van der Waals surface area contributed by atoms with Crippen LogP contribution in [0.3, 0.4) is 0 Å². The van der Waals surface area contributed by atoms with Crippen LogP contribution in [0.25, 0.3) is 0 Å². The molecule has 0 aliphatic rings. The minimum Gasteiger partial charge on any atom is -0.475 e. The second-order valence-corrected chi connectivity index (χ2v) is 5.75. The van der Waals surface area contributed by atoms with Crippen molar-refractivity contribution in [1.82, 2.24) is 0 Å². The zero-order valence-corrected chi connectivity index (χ0v) is 12.8. The number of carbonyl (C=O) groups excluding carboxylic acids is 1. The summed E-state index contributed by atoms with van der Waals surface area (Å²) in [5.74, 6) is -3.51. The topological polar surface area (TPSA) is 211 Å². The molecule has 12 nitrogen and oxygen atoms in total. The number of Topliss-reactive ketones (excluding diaryl/α,β-unsaturated/α-hetero) is 1. The van der Waals surface area contributed by atoms with Gasteiger partial charge in [-0.05, 0) is 0 Å². The first-order valence-electron chi connectivity index (χ1n) is 6.12. The van der Waals surface area contributed by atoms with E-state index in [1.54, 1.807) is 0 Å². The van der Waals surface area contributed by atoms with Crippen molar-refractivity contribution >= 4 is 19.6 Å². The second-order valence-electron chi connectivity index (χ2n) is 4.56. The molecule has 0 aromatic rings. The zero-order chi connectivity index (χ0) is 18.4. The van der Waals surface area contributed by atoms with E-state index in [9.17, 15) is 34.6 Å². The number of aliphatic hydroxyl groups excluding tert-OH is 4. The van der Waals surface area contributed by atoms with Crippen LogP contribution >= 0.6 is 7.82 Å². The van der Waals surface area contributed by atoms with E-state index < -0.39 is 63.1 Å². The molecular formula is C10H19O12P. The van der Waals surface area contributed by atoms with Gasteiger partial charge in [0.15, 0.2) is 0 Å². The van der Waals surface area contributed by atoms with Crippen molar-refractivity contribution in [1.29, 1.82) is 0 Å². The Kier molecular flexibility index (Phi) is 8.98. The van der Waals surface area contributed by atoms with Crippen molar-refractivity contribution in [3.8, 4) is 0 Å². The van der Waals surface area contributed by atoms with E-state index >= 15 is 0 Å². The minimum absolute atomic E-state index is 0.441. The Labute approximate surface area is 130 Å². The lowest BCUT2D eigenvalue weighted by Crippen LogP contribution is -2.51. The fraction of sp³-hybridized carbons (Fsp3) is 0.800. The molecule has 0 aromatic heterocycles. The Morgan fingerprint density at radius 3 is 1.96 bits per heavy atom. The van der Waals surface area contributed by atoms with Crippen LogP contribution in [0.4, 0.5) is 0 Å². The Hall–Kier alpha value is -0.950. The van der Waals surface area contributed by atoms with Crippen molar-refractivity contribution in [2.75, 3.05) is 13.7 Å². The highest BCUT2D eigenvalue weighted by Crippen LogP contribution is 2.39. The van der Waals surface area contributed by atoms with Gasteiger partial charge in [-0.1, -0.05) is 0 Å². The molecule has 7 N–H and O–H groups in total. The molecule has 23 heavy (non-hydrogen) atoms. The largest absolute Gasteiger partial charge is 0.475 e. The summed E-state index contributed by atoms with van der Waals surface area (Å²) >= 11 is 0. The van der Waals surface area contributed by atoms with E-state index in [1.165, 1.54) is 7.11 Å². The number of hydrogen-bond acceptors (Lipinski definition) is 9. The molecule has 0 aliphatic heterocycles. The molecule has 136 valence electrons. The summed E-state index contributed by atoms with van der Waals surface area (Å²) in [7, 11) is -4.08. The van der Waals surface area contributed by atoms with Gasteiger partial charge in [0.25, 0.3) is 0 Å². The summed E-state index contributed by atoms with van der Waals surface area (Å²) in [6, 6.07) is 0. The molecule has 13 heteroatoms. The molecule has 0 bridgehead atoms. The van der Waals surface area contributed by atoms with Crippen molar-refractivity contribution in [3.05, 3.63) is 0 Å². The smallest absolute Gasteiger partial charge is 0.469 e. The van der Waals surface area contributed by atoms with Gasteiger partial charge in [0.1, 0.15) is 30.5 Å². The summed E-state index contributed by atoms with van der Waals surface area (Å²) < 4.78 is 19.4. The SMILES string of the molecule is COC[C@@H](O)[C@@H](O)[C@H](O)[C@H](O)[C@H](CC(=O)C(=O)O)OP(=O)(O)O. The highest BCUT2D eigenvalue weighted by atomic mass is 31.2. The standard InChI is InChI=1S/C10H19O12P/c1-21-3-5(12)7(13)9(15)8(14)6(22-23(18,19)20)2-4(11)10(16)17/h5-9,12-15H,2-3H2,1H3,(H,16,17)(H2,18,19,20)/t5-,6+,7-,8-,9+/m1/s1. The molecule has 0 radical (unpaired) electrons. The molecule has 0 saturated heterocycles.